The van der Waals surface area contributed by atoms with Crippen molar-refractivity contribution in [3.05, 3.63) is 100 Å². The molecular formula is C30H29ClN8O4. The van der Waals surface area contributed by atoms with Crippen molar-refractivity contribution >= 4 is 23.5 Å². The largest absolute Gasteiger partial charge is 0.479 e. The molecule has 0 aliphatic rings. The van der Waals surface area contributed by atoms with Crippen LogP contribution in [0.15, 0.2) is 72.9 Å². The van der Waals surface area contributed by atoms with Gasteiger partial charge < -0.3 is 15.5 Å². The number of carboxylic acid groups (broad SMARTS) is 1. The number of aromatic amines is 1. The second kappa shape index (κ2) is 13.4. The number of hydrogen-bond acceptors (Lipinski definition) is 8. The number of aromatic nitrogens is 7. The predicted octanol–water partition coefficient (Wildman–Crippen LogP) is 3.57. The summed E-state index contributed by atoms with van der Waals surface area (Å²) in [4.78, 5) is 29.5. The van der Waals surface area contributed by atoms with Crippen LogP contribution >= 0.6 is 11.6 Å². The van der Waals surface area contributed by atoms with E-state index in [-0.39, 0.29) is 12.1 Å². The molecule has 0 aliphatic carbocycles. The second-order valence-corrected chi connectivity index (χ2v) is 10.3. The Hall–Kier alpha value is -4.94. The number of tetrazole rings is 1. The minimum absolute atomic E-state index is 0.0233. The fraction of sp³-hybridized carbons (Fsp3) is 0.233. The van der Waals surface area contributed by atoms with Gasteiger partial charge in [-0.25, -0.2) is 9.89 Å². The Kier molecular flexibility index (Phi) is 9.18. The van der Waals surface area contributed by atoms with Crippen molar-refractivity contribution < 1.29 is 19.8 Å². The van der Waals surface area contributed by atoms with Crippen LogP contribution < -0.4 is 5.32 Å². The van der Waals surface area contributed by atoms with Crippen LogP contribution in [0.3, 0.4) is 0 Å². The molecule has 0 bridgehead atoms. The molecule has 2 aromatic carbocycles. The molecule has 0 saturated heterocycles. The quantitative estimate of drug-likeness (QED) is 0.167. The predicted molar refractivity (Wildman–Crippen MR) is 158 cm³/mol. The van der Waals surface area contributed by atoms with Crippen LogP contribution in [0.1, 0.15) is 40.7 Å². The third kappa shape index (κ3) is 6.93. The number of nitrogens with one attached hydrogen (secondary N) is 2. The van der Waals surface area contributed by atoms with E-state index in [9.17, 15) is 19.8 Å². The van der Waals surface area contributed by atoms with Gasteiger partial charge in [-0.3, -0.25) is 14.5 Å². The number of pyridine rings is 1. The molecule has 5 aromatic rings. The Morgan fingerprint density at radius 1 is 1.07 bits per heavy atom. The summed E-state index contributed by atoms with van der Waals surface area (Å²) < 4.78 is 1.74. The van der Waals surface area contributed by atoms with Gasteiger partial charge in [0.25, 0.3) is 5.91 Å². The van der Waals surface area contributed by atoms with E-state index < -0.39 is 24.0 Å². The maximum absolute atomic E-state index is 13.3. The minimum Gasteiger partial charge on any atom is -0.479 e. The van der Waals surface area contributed by atoms with Crippen LogP contribution in [-0.2, 0) is 24.2 Å². The Morgan fingerprint density at radius 2 is 1.84 bits per heavy atom. The van der Waals surface area contributed by atoms with Crippen LogP contribution in [0.2, 0.25) is 5.02 Å². The first kappa shape index (κ1) is 29.5. The molecule has 2 atom stereocenters. The molecule has 0 saturated carbocycles. The zero-order chi connectivity index (χ0) is 30.3. The van der Waals surface area contributed by atoms with Gasteiger partial charge in [-0.05, 0) is 52.6 Å². The first-order valence-corrected chi connectivity index (χ1v) is 14.0. The lowest BCUT2D eigenvalue weighted by Crippen LogP contribution is -2.48. The highest BCUT2D eigenvalue weighted by molar-refractivity contribution is 6.31. The zero-order valence-corrected chi connectivity index (χ0v) is 23.9. The summed E-state index contributed by atoms with van der Waals surface area (Å²) in [6, 6.07) is 18.9. The fourth-order valence-corrected chi connectivity index (χ4v) is 4.97. The van der Waals surface area contributed by atoms with Crippen molar-refractivity contribution in [2.45, 2.75) is 44.9 Å². The molecule has 0 fully saturated rings. The van der Waals surface area contributed by atoms with Gasteiger partial charge in [0.2, 0.25) is 0 Å². The maximum atomic E-state index is 13.3. The van der Waals surface area contributed by atoms with Crippen molar-refractivity contribution in [3.63, 3.8) is 0 Å². The first-order valence-electron chi connectivity index (χ1n) is 13.6. The van der Waals surface area contributed by atoms with E-state index in [0.29, 0.717) is 29.4 Å². The number of aliphatic hydroxyl groups excluding tert-OH is 1. The summed E-state index contributed by atoms with van der Waals surface area (Å²) in [7, 11) is 0. The SMILES string of the molecule is CCCc1cc(C(=O)NC(Cc2ccccc2Cl)C(O)C(=O)O)nn1Cc1ccc(-c2ccccc2-c2nnn[nH]2)nc1. The molecule has 0 aliphatic heterocycles. The third-order valence-corrected chi connectivity index (χ3v) is 7.28. The normalized spacial score (nSPS) is 12.5. The number of benzene rings is 2. The maximum Gasteiger partial charge on any atom is 0.334 e. The molecule has 0 radical (unpaired) electrons. The second-order valence-electron chi connectivity index (χ2n) is 9.93. The molecule has 220 valence electrons. The van der Waals surface area contributed by atoms with Crippen LogP contribution in [0.5, 0.6) is 0 Å². The number of carboxylic acids is 1. The smallest absolute Gasteiger partial charge is 0.334 e. The number of aryl methyl sites for hydroxylation is 1. The first-order chi connectivity index (χ1) is 20.8. The zero-order valence-electron chi connectivity index (χ0n) is 23.2. The van der Waals surface area contributed by atoms with Gasteiger partial charge >= 0.3 is 5.97 Å². The van der Waals surface area contributed by atoms with Crippen LogP contribution in [0, 0.1) is 0 Å². The third-order valence-electron chi connectivity index (χ3n) is 6.91. The highest BCUT2D eigenvalue weighted by atomic mass is 35.5. The average Bonchev–Trinajstić information content (AvgIpc) is 3.69. The van der Waals surface area contributed by atoms with Gasteiger partial charge in [0.15, 0.2) is 11.9 Å². The van der Waals surface area contributed by atoms with Gasteiger partial charge in [-0.15, -0.1) is 5.10 Å². The van der Waals surface area contributed by atoms with Gasteiger partial charge in [0.1, 0.15) is 5.69 Å². The number of hydrogen-bond donors (Lipinski definition) is 4. The molecule has 2 unspecified atom stereocenters. The lowest BCUT2D eigenvalue weighted by atomic mass is 10.0. The van der Waals surface area contributed by atoms with E-state index >= 15 is 0 Å². The summed E-state index contributed by atoms with van der Waals surface area (Å²) in [5.41, 5.74) is 4.85. The fourth-order valence-electron chi connectivity index (χ4n) is 4.75. The Labute approximate surface area is 251 Å². The van der Waals surface area contributed by atoms with Crippen LogP contribution in [-0.4, -0.2) is 69.6 Å². The van der Waals surface area contributed by atoms with E-state index in [1.54, 1.807) is 41.2 Å². The van der Waals surface area contributed by atoms with E-state index in [0.717, 1.165) is 34.5 Å². The van der Waals surface area contributed by atoms with Gasteiger partial charge in [0.05, 0.1) is 18.3 Å². The average molecular weight is 601 g/mol. The van der Waals surface area contributed by atoms with Gasteiger partial charge in [0, 0.05) is 28.0 Å². The van der Waals surface area contributed by atoms with E-state index in [1.165, 1.54) is 0 Å². The van der Waals surface area contributed by atoms with Crippen LogP contribution in [0.25, 0.3) is 22.6 Å². The number of rotatable bonds is 12. The van der Waals surface area contributed by atoms with Crippen molar-refractivity contribution in [3.8, 4) is 22.6 Å². The molecular weight excluding hydrogens is 572 g/mol. The van der Waals surface area contributed by atoms with E-state index in [2.05, 4.69) is 36.0 Å². The molecule has 43 heavy (non-hydrogen) atoms. The Morgan fingerprint density at radius 3 is 2.51 bits per heavy atom. The topological polar surface area (TPSA) is 172 Å². The van der Waals surface area contributed by atoms with Gasteiger partial charge in [-0.1, -0.05) is 73.5 Å². The number of aliphatic hydroxyl groups is 1. The molecule has 1 amide bonds. The number of carbonyl (C=O) groups excluding carboxylic acids is 1. The summed E-state index contributed by atoms with van der Waals surface area (Å²) in [6.45, 7) is 2.39. The number of carbonyl (C=O) groups is 2. The highest BCUT2D eigenvalue weighted by Crippen LogP contribution is 2.28. The van der Waals surface area contributed by atoms with Crippen molar-refractivity contribution in [2.75, 3.05) is 0 Å². The number of nitrogens with zero attached hydrogens (tertiary/aromatic N) is 6. The monoisotopic (exact) mass is 600 g/mol. The summed E-state index contributed by atoms with van der Waals surface area (Å²) >= 11 is 6.25. The lowest BCUT2D eigenvalue weighted by molar-refractivity contribution is -0.148. The standard InChI is InChI=1S/C30H29ClN8O4/c1-2-7-20-15-26(29(41)33-25(27(40)30(42)43)14-19-8-3-6-11-23(19)31)36-39(20)17-18-12-13-24(32-16-18)21-9-4-5-10-22(21)28-34-37-38-35-28/h3-6,8-13,15-16,25,27,40H,2,7,14,17H2,1H3,(H,33,41)(H,42,43)(H,34,35,37,38). The van der Waals surface area contributed by atoms with Crippen molar-refractivity contribution in [1.29, 1.82) is 0 Å². The van der Waals surface area contributed by atoms with Crippen molar-refractivity contribution in [2.24, 2.45) is 0 Å². The summed E-state index contributed by atoms with van der Waals surface area (Å²) in [5.74, 6) is -1.51. The Bertz CT molecular complexity index is 1710. The molecule has 0 spiro atoms. The number of H-pyrrole nitrogens is 1. The number of amides is 1. The summed E-state index contributed by atoms with van der Waals surface area (Å²) in [5, 5.41) is 41.5. The van der Waals surface area contributed by atoms with Gasteiger partial charge in [-0.2, -0.15) is 5.10 Å². The van der Waals surface area contributed by atoms with E-state index in [1.807, 2.05) is 43.3 Å². The molecule has 4 N–H and O–H groups in total. The molecule has 12 nitrogen and oxygen atoms in total. The van der Waals surface area contributed by atoms with Crippen LogP contribution in [0.4, 0.5) is 0 Å². The lowest BCUT2D eigenvalue weighted by Gasteiger charge is -2.21. The summed E-state index contributed by atoms with van der Waals surface area (Å²) in [6.07, 6.45) is 1.43. The minimum atomic E-state index is -1.84. The molecule has 13 heteroatoms. The molecule has 3 aromatic heterocycles. The highest BCUT2D eigenvalue weighted by Gasteiger charge is 2.29. The molecule has 3 heterocycles. The number of halogens is 1. The van der Waals surface area contributed by atoms with Crippen molar-refractivity contribution in [1.82, 2.24) is 40.7 Å². The van der Waals surface area contributed by atoms with E-state index in [4.69, 9.17) is 11.6 Å². The number of aliphatic carboxylic acids is 1. The Balaban J connectivity index is 1.35. The molecule has 5 rings (SSSR count).